The second-order valence-corrected chi connectivity index (χ2v) is 5.47. The molecule has 18 heavy (non-hydrogen) atoms. The summed E-state index contributed by atoms with van der Waals surface area (Å²) in [6.45, 7) is 2.94. The van der Waals surface area contributed by atoms with Crippen molar-refractivity contribution in [1.29, 1.82) is 0 Å². The van der Waals surface area contributed by atoms with Gasteiger partial charge in [0, 0.05) is 16.6 Å². The lowest BCUT2D eigenvalue weighted by atomic mass is 10.00. The van der Waals surface area contributed by atoms with Crippen LogP contribution in [0.4, 0.5) is 5.69 Å². The number of thiophene rings is 1. The van der Waals surface area contributed by atoms with Crippen molar-refractivity contribution in [1.82, 2.24) is 0 Å². The molecule has 0 amide bonds. The summed E-state index contributed by atoms with van der Waals surface area (Å²) in [5.41, 5.74) is 3.73. The molecule has 3 heteroatoms. The van der Waals surface area contributed by atoms with E-state index in [9.17, 15) is 0 Å². The first-order chi connectivity index (χ1) is 8.84. The first-order valence-corrected chi connectivity index (χ1v) is 7.30. The van der Waals surface area contributed by atoms with Crippen LogP contribution in [-0.2, 0) is 0 Å². The molecule has 1 aliphatic heterocycles. The summed E-state index contributed by atoms with van der Waals surface area (Å²) >= 11 is 1.72. The Morgan fingerprint density at radius 1 is 1.33 bits per heavy atom. The molecule has 2 nitrogen and oxygen atoms in total. The highest BCUT2D eigenvalue weighted by Gasteiger charge is 2.20. The molecule has 1 aliphatic rings. The van der Waals surface area contributed by atoms with Gasteiger partial charge in [0.2, 0.25) is 0 Å². The van der Waals surface area contributed by atoms with E-state index < -0.39 is 0 Å². The van der Waals surface area contributed by atoms with Crippen molar-refractivity contribution in [2.24, 2.45) is 0 Å². The molecule has 0 fully saturated rings. The molecule has 0 saturated carbocycles. The number of ether oxygens (including phenoxy) is 1. The van der Waals surface area contributed by atoms with Crippen LogP contribution in [0.3, 0.4) is 0 Å². The fourth-order valence-electron chi connectivity index (χ4n) is 2.46. The maximum absolute atomic E-state index is 5.89. The third-order valence-corrected chi connectivity index (χ3v) is 4.05. The monoisotopic (exact) mass is 259 g/mol. The molecule has 0 bridgehead atoms. The Labute approximate surface area is 112 Å². The SMILES string of the molecule is Cc1cccc2c1OCCCC2Nc1ccsc1. The van der Waals surface area contributed by atoms with Crippen molar-refractivity contribution in [3.8, 4) is 5.75 Å². The Hall–Kier alpha value is -1.48. The van der Waals surface area contributed by atoms with Crippen molar-refractivity contribution >= 4 is 17.0 Å². The number of rotatable bonds is 2. The fraction of sp³-hybridized carbons (Fsp3) is 0.333. The molecule has 2 heterocycles. The Bertz CT molecular complexity index is 521. The van der Waals surface area contributed by atoms with Crippen LogP contribution in [-0.4, -0.2) is 6.61 Å². The van der Waals surface area contributed by atoms with E-state index in [4.69, 9.17) is 4.74 Å². The predicted molar refractivity (Wildman–Crippen MR) is 76.6 cm³/mol. The molecular formula is C15H17NOS. The smallest absolute Gasteiger partial charge is 0.127 e. The number of anilines is 1. The number of benzene rings is 1. The highest BCUT2D eigenvalue weighted by molar-refractivity contribution is 7.08. The van der Waals surface area contributed by atoms with Crippen molar-refractivity contribution in [3.05, 3.63) is 46.2 Å². The molecule has 0 aliphatic carbocycles. The van der Waals surface area contributed by atoms with Crippen LogP contribution in [0.25, 0.3) is 0 Å². The van der Waals surface area contributed by atoms with Gasteiger partial charge in [0.25, 0.3) is 0 Å². The minimum Gasteiger partial charge on any atom is -0.493 e. The van der Waals surface area contributed by atoms with Gasteiger partial charge in [-0.25, -0.2) is 0 Å². The zero-order chi connectivity index (χ0) is 12.4. The molecule has 2 aromatic rings. The van der Waals surface area contributed by atoms with Gasteiger partial charge in [0.15, 0.2) is 0 Å². The van der Waals surface area contributed by atoms with Crippen LogP contribution < -0.4 is 10.1 Å². The lowest BCUT2D eigenvalue weighted by molar-refractivity contribution is 0.314. The summed E-state index contributed by atoms with van der Waals surface area (Å²) in [7, 11) is 0. The van der Waals surface area contributed by atoms with Crippen LogP contribution in [0, 0.1) is 6.92 Å². The van der Waals surface area contributed by atoms with Crippen LogP contribution in [0.1, 0.15) is 30.0 Å². The topological polar surface area (TPSA) is 21.3 Å². The summed E-state index contributed by atoms with van der Waals surface area (Å²) in [6, 6.07) is 8.90. The number of hydrogen-bond acceptors (Lipinski definition) is 3. The standard InChI is InChI=1S/C15H17NOS/c1-11-4-2-5-13-14(6-3-8-17-15(11)13)16-12-7-9-18-10-12/h2,4-5,7,9-10,14,16H,3,6,8H2,1H3. The molecule has 1 N–H and O–H groups in total. The molecule has 0 spiro atoms. The van der Waals surface area contributed by atoms with E-state index in [0.717, 1.165) is 25.2 Å². The third-order valence-electron chi connectivity index (χ3n) is 3.36. The van der Waals surface area contributed by atoms with Crippen molar-refractivity contribution in [2.45, 2.75) is 25.8 Å². The van der Waals surface area contributed by atoms with E-state index >= 15 is 0 Å². The van der Waals surface area contributed by atoms with Gasteiger partial charge in [0.05, 0.1) is 12.6 Å². The van der Waals surface area contributed by atoms with Gasteiger partial charge in [0.1, 0.15) is 5.75 Å². The highest BCUT2D eigenvalue weighted by atomic mass is 32.1. The van der Waals surface area contributed by atoms with E-state index in [1.807, 2.05) is 0 Å². The van der Waals surface area contributed by atoms with Crippen molar-refractivity contribution in [2.75, 3.05) is 11.9 Å². The number of hydrogen-bond donors (Lipinski definition) is 1. The van der Waals surface area contributed by atoms with Gasteiger partial charge in [-0.15, -0.1) is 0 Å². The molecule has 1 atom stereocenters. The molecule has 1 aromatic carbocycles. The van der Waals surface area contributed by atoms with Crippen molar-refractivity contribution in [3.63, 3.8) is 0 Å². The largest absolute Gasteiger partial charge is 0.493 e. The average molecular weight is 259 g/mol. The third kappa shape index (κ3) is 2.23. The minimum absolute atomic E-state index is 0.358. The van der Waals surface area contributed by atoms with Gasteiger partial charge < -0.3 is 10.1 Å². The first-order valence-electron chi connectivity index (χ1n) is 6.35. The fourth-order valence-corrected chi connectivity index (χ4v) is 3.06. The first kappa shape index (κ1) is 11.6. The van der Waals surface area contributed by atoms with Gasteiger partial charge in [-0.2, -0.15) is 11.3 Å². The van der Waals surface area contributed by atoms with Gasteiger partial charge in [-0.3, -0.25) is 0 Å². The van der Waals surface area contributed by atoms with Crippen LogP contribution in [0.2, 0.25) is 0 Å². The lowest BCUT2D eigenvalue weighted by Crippen LogP contribution is -2.09. The van der Waals surface area contributed by atoms with E-state index in [1.54, 1.807) is 11.3 Å². The van der Waals surface area contributed by atoms with Crippen LogP contribution in [0.15, 0.2) is 35.0 Å². The van der Waals surface area contributed by atoms with E-state index in [1.165, 1.54) is 16.8 Å². The molecule has 94 valence electrons. The lowest BCUT2D eigenvalue weighted by Gasteiger charge is -2.19. The summed E-state index contributed by atoms with van der Waals surface area (Å²) in [6.07, 6.45) is 2.21. The Kier molecular flexibility index (Phi) is 3.24. The number of para-hydroxylation sites is 1. The molecule has 0 radical (unpaired) electrons. The maximum Gasteiger partial charge on any atom is 0.127 e. The summed E-state index contributed by atoms with van der Waals surface area (Å²) in [5, 5.41) is 7.87. The molecule has 3 rings (SSSR count). The van der Waals surface area contributed by atoms with Gasteiger partial charge in [-0.1, -0.05) is 18.2 Å². The predicted octanol–water partition coefficient (Wildman–Crippen LogP) is 4.38. The zero-order valence-corrected chi connectivity index (χ0v) is 11.3. The minimum atomic E-state index is 0.358. The molecule has 1 unspecified atom stereocenters. The second-order valence-electron chi connectivity index (χ2n) is 4.69. The highest BCUT2D eigenvalue weighted by Crippen LogP contribution is 2.36. The van der Waals surface area contributed by atoms with Crippen LogP contribution in [0.5, 0.6) is 5.75 Å². The summed E-state index contributed by atoms with van der Waals surface area (Å²) in [4.78, 5) is 0. The molecule has 1 aromatic heterocycles. The van der Waals surface area contributed by atoms with Crippen molar-refractivity contribution < 1.29 is 4.74 Å². The Morgan fingerprint density at radius 3 is 3.11 bits per heavy atom. The quantitative estimate of drug-likeness (QED) is 0.864. The number of fused-ring (bicyclic) bond motifs is 1. The van der Waals surface area contributed by atoms with Gasteiger partial charge >= 0.3 is 0 Å². The van der Waals surface area contributed by atoms with E-state index in [2.05, 4.69) is 47.3 Å². The summed E-state index contributed by atoms with van der Waals surface area (Å²) < 4.78 is 5.89. The average Bonchev–Trinajstić information content (AvgIpc) is 2.79. The molecular weight excluding hydrogens is 242 g/mol. The maximum atomic E-state index is 5.89. The zero-order valence-electron chi connectivity index (χ0n) is 10.5. The summed E-state index contributed by atoms with van der Waals surface area (Å²) in [5.74, 6) is 1.07. The Balaban J connectivity index is 1.94. The van der Waals surface area contributed by atoms with Gasteiger partial charge in [-0.05, 0) is 36.8 Å². The number of nitrogens with one attached hydrogen (secondary N) is 1. The second kappa shape index (κ2) is 5.02. The number of aryl methyl sites for hydroxylation is 1. The normalized spacial score (nSPS) is 18.6. The van der Waals surface area contributed by atoms with E-state index in [0.29, 0.717) is 6.04 Å². The Morgan fingerprint density at radius 2 is 2.28 bits per heavy atom. The van der Waals surface area contributed by atoms with Crippen LogP contribution >= 0.6 is 11.3 Å². The molecule has 0 saturated heterocycles. The van der Waals surface area contributed by atoms with E-state index in [-0.39, 0.29) is 0 Å².